The molecule has 0 amide bonds. The van der Waals surface area contributed by atoms with Gasteiger partial charge < -0.3 is 5.32 Å². The minimum atomic E-state index is 0.682. The zero-order chi connectivity index (χ0) is 15.5. The molecule has 3 rings (SSSR count). The van der Waals surface area contributed by atoms with Gasteiger partial charge in [-0.25, -0.2) is 0 Å². The quantitative estimate of drug-likeness (QED) is 0.942. The maximum absolute atomic E-state index is 4.33. The number of rotatable bonds is 4. The largest absolute Gasteiger partial charge is 0.317 e. The molecular formula is C18H26N4. The number of hydrogen-bond acceptors (Lipinski definition) is 3. The van der Waals surface area contributed by atoms with Gasteiger partial charge >= 0.3 is 0 Å². The zero-order valence-corrected chi connectivity index (χ0v) is 13.8. The molecule has 0 aliphatic carbocycles. The summed E-state index contributed by atoms with van der Waals surface area (Å²) in [5.41, 5.74) is 5.18. The minimum Gasteiger partial charge on any atom is -0.317 e. The van der Waals surface area contributed by atoms with Gasteiger partial charge in [0.05, 0.1) is 5.69 Å². The van der Waals surface area contributed by atoms with E-state index in [0.717, 1.165) is 19.6 Å². The molecule has 1 aromatic heterocycles. The van der Waals surface area contributed by atoms with Gasteiger partial charge in [0.15, 0.2) is 0 Å². The normalized spacial score (nSPS) is 16.4. The predicted molar refractivity (Wildman–Crippen MR) is 90.7 cm³/mol. The Kier molecular flexibility index (Phi) is 4.60. The number of nitrogens with one attached hydrogen (secondary N) is 1. The number of piperidine rings is 1. The van der Waals surface area contributed by atoms with Crippen LogP contribution in [0.5, 0.6) is 0 Å². The third-order valence-electron chi connectivity index (χ3n) is 4.71. The molecule has 0 saturated carbocycles. The molecule has 4 heteroatoms. The van der Waals surface area contributed by atoms with E-state index < -0.39 is 0 Å². The Morgan fingerprint density at radius 1 is 1.27 bits per heavy atom. The van der Waals surface area contributed by atoms with E-state index in [1.807, 2.05) is 17.9 Å². The molecule has 0 radical (unpaired) electrons. The van der Waals surface area contributed by atoms with Crippen molar-refractivity contribution in [1.82, 2.24) is 20.0 Å². The van der Waals surface area contributed by atoms with Crippen LogP contribution in [0.2, 0.25) is 0 Å². The third kappa shape index (κ3) is 3.23. The fourth-order valence-corrected chi connectivity index (χ4v) is 3.35. The van der Waals surface area contributed by atoms with Crippen LogP contribution in [-0.2, 0) is 13.6 Å². The lowest BCUT2D eigenvalue weighted by Crippen LogP contribution is -2.40. The van der Waals surface area contributed by atoms with Gasteiger partial charge in [-0.3, -0.25) is 9.58 Å². The molecule has 1 aliphatic rings. The van der Waals surface area contributed by atoms with Gasteiger partial charge in [0.1, 0.15) is 0 Å². The topological polar surface area (TPSA) is 33.1 Å². The van der Waals surface area contributed by atoms with E-state index in [-0.39, 0.29) is 0 Å². The van der Waals surface area contributed by atoms with Crippen molar-refractivity contribution < 1.29 is 0 Å². The molecule has 0 spiro atoms. The van der Waals surface area contributed by atoms with Crippen LogP contribution in [-0.4, -0.2) is 40.9 Å². The molecule has 1 fully saturated rings. The molecule has 1 N–H and O–H groups in total. The highest BCUT2D eigenvalue weighted by molar-refractivity contribution is 5.64. The Labute approximate surface area is 133 Å². The Bertz CT molecular complexity index is 626. The van der Waals surface area contributed by atoms with Crippen molar-refractivity contribution in [2.45, 2.75) is 32.4 Å². The van der Waals surface area contributed by atoms with Crippen LogP contribution in [0.1, 0.15) is 24.0 Å². The first-order valence-corrected chi connectivity index (χ1v) is 8.14. The van der Waals surface area contributed by atoms with Crippen molar-refractivity contribution in [1.29, 1.82) is 0 Å². The lowest BCUT2D eigenvalue weighted by Gasteiger charge is -2.32. The summed E-state index contributed by atoms with van der Waals surface area (Å²) in [6.07, 6.45) is 4.35. The van der Waals surface area contributed by atoms with E-state index in [2.05, 4.69) is 53.6 Å². The first kappa shape index (κ1) is 15.3. The molecule has 1 aromatic carbocycles. The van der Waals surface area contributed by atoms with Crippen LogP contribution in [0, 0.1) is 6.92 Å². The predicted octanol–water partition coefficient (Wildman–Crippen LogP) is 2.58. The molecule has 2 heterocycles. The molecule has 0 atom stereocenters. The van der Waals surface area contributed by atoms with Crippen molar-refractivity contribution >= 4 is 0 Å². The van der Waals surface area contributed by atoms with Crippen LogP contribution in [0.15, 0.2) is 30.5 Å². The average molecular weight is 298 g/mol. The third-order valence-corrected chi connectivity index (χ3v) is 4.71. The number of nitrogens with zero attached hydrogens (tertiary/aromatic N) is 3. The van der Waals surface area contributed by atoms with Crippen molar-refractivity contribution in [2.75, 3.05) is 20.1 Å². The monoisotopic (exact) mass is 298 g/mol. The maximum atomic E-state index is 4.33. The molecule has 0 bridgehead atoms. The second-order valence-corrected chi connectivity index (χ2v) is 6.40. The van der Waals surface area contributed by atoms with Gasteiger partial charge in [0.2, 0.25) is 0 Å². The summed E-state index contributed by atoms with van der Waals surface area (Å²) in [4.78, 5) is 2.51. The highest BCUT2D eigenvalue weighted by atomic mass is 15.3. The number of aryl methyl sites for hydroxylation is 2. The van der Waals surface area contributed by atoms with Crippen molar-refractivity contribution in [3.63, 3.8) is 0 Å². The molecular weight excluding hydrogens is 272 g/mol. The second kappa shape index (κ2) is 6.63. The van der Waals surface area contributed by atoms with E-state index in [0.29, 0.717) is 6.04 Å². The van der Waals surface area contributed by atoms with E-state index in [1.165, 1.54) is 35.2 Å². The van der Waals surface area contributed by atoms with Gasteiger partial charge in [0, 0.05) is 31.4 Å². The van der Waals surface area contributed by atoms with Gasteiger partial charge in [-0.05, 0) is 57.6 Å². The van der Waals surface area contributed by atoms with Crippen LogP contribution >= 0.6 is 0 Å². The number of benzene rings is 1. The highest BCUT2D eigenvalue weighted by Crippen LogP contribution is 2.26. The molecule has 4 nitrogen and oxygen atoms in total. The van der Waals surface area contributed by atoms with Gasteiger partial charge in [-0.1, -0.05) is 17.7 Å². The van der Waals surface area contributed by atoms with Gasteiger partial charge in [0.25, 0.3) is 0 Å². The van der Waals surface area contributed by atoms with Crippen molar-refractivity contribution in [2.24, 2.45) is 7.05 Å². The Hall–Kier alpha value is -1.65. The van der Waals surface area contributed by atoms with E-state index in [9.17, 15) is 0 Å². The Morgan fingerprint density at radius 2 is 2.05 bits per heavy atom. The van der Waals surface area contributed by atoms with E-state index >= 15 is 0 Å². The molecule has 118 valence electrons. The van der Waals surface area contributed by atoms with Gasteiger partial charge in [-0.2, -0.15) is 5.10 Å². The molecule has 22 heavy (non-hydrogen) atoms. The molecule has 2 aromatic rings. The van der Waals surface area contributed by atoms with Crippen LogP contribution < -0.4 is 5.32 Å². The summed E-state index contributed by atoms with van der Waals surface area (Å²) in [5, 5.41) is 7.77. The van der Waals surface area contributed by atoms with Crippen LogP contribution in [0.25, 0.3) is 11.3 Å². The average Bonchev–Trinajstić information content (AvgIpc) is 2.96. The smallest absolute Gasteiger partial charge is 0.0682 e. The Balaban J connectivity index is 1.85. The molecule has 0 unspecified atom stereocenters. The fraction of sp³-hybridized carbons (Fsp3) is 0.500. The number of hydrogen-bond donors (Lipinski definition) is 1. The second-order valence-electron chi connectivity index (χ2n) is 6.40. The van der Waals surface area contributed by atoms with E-state index in [4.69, 9.17) is 0 Å². The minimum absolute atomic E-state index is 0.682. The van der Waals surface area contributed by atoms with Crippen molar-refractivity contribution in [3.05, 3.63) is 41.6 Å². The van der Waals surface area contributed by atoms with E-state index in [1.54, 1.807) is 0 Å². The fourth-order valence-electron chi connectivity index (χ4n) is 3.35. The molecule has 1 saturated heterocycles. The Morgan fingerprint density at radius 3 is 2.73 bits per heavy atom. The summed E-state index contributed by atoms with van der Waals surface area (Å²) in [7, 11) is 4.26. The summed E-state index contributed by atoms with van der Waals surface area (Å²) in [5.74, 6) is 0. The van der Waals surface area contributed by atoms with Crippen LogP contribution in [0.3, 0.4) is 0 Å². The van der Waals surface area contributed by atoms with Crippen LogP contribution in [0.4, 0.5) is 0 Å². The lowest BCUT2D eigenvalue weighted by molar-refractivity contribution is 0.192. The zero-order valence-electron chi connectivity index (χ0n) is 13.8. The number of aromatic nitrogens is 2. The summed E-state index contributed by atoms with van der Waals surface area (Å²) >= 11 is 0. The molecule has 1 aliphatic heterocycles. The maximum Gasteiger partial charge on any atom is 0.0682 e. The summed E-state index contributed by atoms with van der Waals surface area (Å²) in [6.45, 7) is 5.42. The lowest BCUT2D eigenvalue weighted by atomic mass is 9.99. The SMILES string of the molecule is Cc1ccc(CN(C)C2CCNCC2)c(-c2ccnn2C)c1. The summed E-state index contributed by atoms with van der Waals surface area (Å²) < 4.78 is 1.96. The summed E-state index contributed by atoms with van der Waals surface area (Å²) in [6, 6.07) is 9.55. The van der Waals surface area contributed by atoms with Gasteiger partial charge in [-0.15, -0.1) is 0 Å². The standard InChI is InChI=1S/C18H26N4/c1-14-4-5-15(13-21(2)16-6-9-19-10-7-16)17(12-14)18-8-11-20-22(18)3/h4-5,8,11-12,16,19H,6-7,9-10,13H2,1-3H3. The highest BCUT2D eigenvalue weighted by Gasteiger charge is 2.19. The first-order chi connectivity index (χ1) is 10.6. The first-order valence-electron chi connectivity index (χ1n) is 8.14. The van der Waals surface area contributed by atoms with Crippen molar-refractivity contribution in [3.8, 4) is 11.3 Å².